The smallest absolute Gasteiger partial charge is 0.0600 e. The highest BCUT2D eigenvalue weighted by atomic mass is 15.1. The highest BCUT2D eigenvalue weighted by molar-refractivity contribution is 5.05. The first kappa shape index (κ1) is 44.6. The third-order valence-corrected chi connectivity index (χ3v) is 5.97. The van der Waals surface area contributed by atoms with Crippen molar-refractivity contribution >= 4 is 0 Å². The van der Waals surface area contributed by atoms with Gasteiger partial charge in [0.25, 0.3) is 0 Å². The largest absolute Gasteiger partial charge is 0.261 e. The van der Waals surface area contributed by atoms with Gasteiger partial charge in [0.2, 0.25) is 0 Å². The van der Waals surface area contributed by atoms with Crippen molar-refractivity contribution in [3.63, 3.8) is 0 Å². The van der Waals surface area contributed by atoms with E-state index >= 15 is 0 Å². The van der Waals surface area contributed by atoms with Gasteiger partial charge in [-0.15, -0.1) is 0 Å². The fourth-order valence-corrected chi connectivity index (χ4v) is 3.10. The SMILES string of the molecule is Cc1ccc(C)nn1.Cc1cccnn1.Cc1ccnnc1.Cc1cnc(C)cn1.Cc1cncc(C)n1.Cc1cnccn1.Cc1nccnc1C. The minimum Gasteiger partial charge on any atom is -0.261 e. The average molecular weight is 715 g/mol. The molecule has 0 fully saturated rings. The van der Waals surface area contributed by atoms with Crippen molar-refractivity contribution in [1.29, 1.82) is 0 Å². The zero-order valence-corrected chi connectivity index (χ0v) is 32.6. The van der Waals surface area contributed by atoms with Crippen LogP contribution in [-0.4, -0.2) is 70.5 Å². The second-order valence-corrected chi connectivity index (χ2v) is 11.3. The molecule has 53 heavy (non-hydrogen) atoms. The zero-order valence-electron chi connectivity index (χ0n) is 32.6. The van der Waals surface area contributed by atoms with E-state index in [9.17, 15) is 0 Å². The van der Waals surface area contributed by atoms with Crippen LogP contribution in [0.3, 0.4) is 0 Å². The molecule has 0 radical (unpaired) electrons. The molecule has 0 amide bonds. The van der Waals surface area contributed by atoms with Crippen LogP contribution in [0.25, 0.3) is 0 Å². The molecule has 7 rings (SSSR count). The second kappa shape index (κ2) is 27.3. The number of aryl methyl sites for hydroxylation is 11. The van der Waals surface area contributed by atoms with Gasteiger partial charge in [0.1, 0.15) is 0 Å². The van der Waals surface area contributed by atoms with Crippen LogP contribution in [0.1, 0.15) is 62.5 Å². The Balaban J connectivity index is 0.000000309. The Morgan fingerprint density at radius 3 is 1.09 bits per heavy atom. The van der Waals surface area contributed by atoms with Crippen LogP contribution < -0.4 is 0 Å². The van der Waals surface area contributed by atoms with Gasteiger partial charge in [-0.3, -0.25) is 39.9 Å². The number of hydrogen-bond donors (Lipinski definition) is 0. The van der Waals surface area contributed by atoms with Crippen LogP contribution in [0, 0.1) is 76.2 Å². The fourth-order valence-electron chi connectivity index (χ4n) is 3.10. The normalized spacial score (nSPS) is 9.04. The maximum atomic E-state index is 4.11. The minimum atomic E-state index is 0.961. The minimum absolute atomic E-state index is 0.961. The van der Waals surface area contributed by atoms with Crippen molar-refractivity contribution in [2.24, 2.45) is 0 Å². The van der Waals surface area contributed by atoms with E-state index in [1.165, 1.54) is 0 Å². The summed E-state index contributed by atoms with van der Waals surface area (Å²) in [6, 6.07) is 9.58. The molecule has 0 aliphatic carbocycles. The molecule has 7 aromatic heterocycles. The molecular weight excluding hydrogens is 665 g/mol. The Morgan fingerprint density at radius 2 is 0.830 bits per heavy atom. The van der Waals surface area contributed by atoms with E-state index in [0.29, 0.717) is 0 Å². The number of rotatable bonds is 0. The standard InChI is InChI=1S/4C6H8N2.3C5H6N2/c1-5-3-8-6(2)4-7-5;1-5-3-7-4-6(2)8-5;1-5-6(2)8-4-3-7-5;1-5-3-4-6(2)8-7-5;1-5-4-6-2-3-7-5;1-5-2-3-6-7-4-5;1-5-3-2-4-6-7-5/h4*3-4H,1-2H3;3*2-4H,1H3. The molecular formula is C39H50N14. The predicted octanol–water partition coefficient (Wildman–Crippen LogP) is 6.73. The predicted molar refractivity (Wildman–Crippen MR) is 206 cm³/mol. The van der Waals surface area contributed by atoms with Gasteiger partial charge in [-0.2, -0.15) is 30.6 Å². The molecule has 0 aromatic carbocycles. The summed E-state index contributed by atoms with van der Waals surface area (Å²) in [5.74, 6) is 0. The Morgan fingerprint density at radius 1 is 0.321 bits per heavy atom. The van der Waals surface area contributed by atoms with Crippen LogP contribution in [0.2, 0.25) is 0 Å². The molecule has 0 saturated carbocycles. The number of hydrogen-bond acceptors (Lipinski definition) is 14. The first-order valence-electron chi connectivity index (χ1n) is 16.6. The molecule has 0 bridgehead atoms. The van der Waals surface area contributed by atoms with E-state index < -0.39 is 0 Å². The van der Waals surface area contributed by atoms with E-state index in [1.807, 2.05) is 106 Å². The van der Waals surface area contributed by atoms with Crippen LogP contribution in [-0.2, 0) is 0 Å². The van der Waals surface area contributed by atoms with Crippen LogP contribution >= 0.6 is 0 Å². The first-order chi connectivity index (χ1) is 25.3. The van der Waals surface area contributed by atoms with Gasteiger partial charge in [0.15, 0.2) is 0 Å². The molecule has 0 atom stereocenters. The summed E-state index contributed by atoms with van der Waals surface area (Å²) in [6.07, 6.45) is 20.5. The highest BCUT2D eigenvalue weighted by Crippen LogP contribution is 1.94. The highest BCUT2D eigenvalue weighted by Gasteiger charge is 1.88. The quantitative estimate of drug-likeness (QED) is 0.161. The summed E-state index contributed by atoms with van der Waals surface area (Å²) in [7, 11) is 0. The van der Waals surface area contributed by atoms with E-state index in [0.717, 1.165) is 62.5 Å². The maximum absolute atomic E-state index is 4.11. The number of aromatic nitrogens is 14. The summed E-state index contributed by atoms with van der Waals surface area (Å²) in [6.45, 7) is 21.2. The molecule has 14 heteroatoms. The molecule has 0 saturated heterocycles. The summed E-state index contributed by atoms with van der Waals surface area (Å²) >= 11 is 0. The molecule has 0 spiro atoms. The van der Waals surface area contributed by atoms with E-state index in [1.54, 1.807) is 74.4 Å². The van der Waals surface area contributed by atoms with Gasteiger partial charge < -0.3 is 0 Å². The lowest BCUT2D eigenvalue weighted by molar-refractivity contribution is 0.941. The van der Waals surface area contributed by atoms with Crippen molar-refractivity contribution in [2.75, 3.05) is 0 Å². The molecule has 0 unspecified atom stereocenters. The Hall–Kier alpha value is -6.44. The summed E-state index contributed by atoms with van der Waals surface area (Å²) in [4.78, 5) is 31.8. The topological polar surface area (TPSA) is 180 Å². The lowest BCUT2D eigenvalue weighted by atomic mass is 10.4. The molecule has 7 heterocycles. The summed E-state index contributed by atoms with van der Waals surface area (Å²) < 4.78 is 0. The van der Waals surface area contributed by atoms with Gasteiger partial charge in [-0.25, -0.2) is 0 Å². The molecule has 0 N–H and O–H groups in total. The first-order valence-corrected chi connectivity index (χ1v) is 16.6. The molecule has 14 nitrogen and oxygen atoms in total. The Kier molecular flexibility index (Phi) is 23.0. The Labute approximate surface area is 313 Å². The third-order valence-electron chi connectivity index (χ3n) is 5.97. The molecule has 7 aromatic rings. The second-order valence-electron chi connectivity index (χ2n) is 11.3. The van der Waals surface area contributed by atoms with E-state index in [2.05, 4.69) is 70.5 Å². The lowest BCUT2D eigenvalue weighted by Crippen LogP contribution is -1.87. The molecule has 0 aliphatic rings. The van der Waals surface area contributed by atoms with Crippen LogP contribution in [0.15, 0.2) is 105 Å². The van der Waals surface area contributed by atoms with Gasteiger partial charge in [-0.1, -0.05) is 0 Å². The number of nitrogens with zero attached hydrogens (tertiary/aromatic N) is 14. The van der Waals surface area contributed by atoms with E-state index in [4.69, 9.17) is 0 Å². The van der Waals surface area contributed by atoms with Crippen molar-refractivity contribution in [3.05, 3.63) is 167 Å². The fraction of sp³-hybridized carbons (Fsp3) is 0.282. The molecule has 0 aliphatic heterocycles. The van der Waals surface area contributed by atoms with Crippen LogP contribution in [0.4, 0.5) is 0 Å². The lowest BCUT2D eigenvalue weighted by Gasteiger charge is -1.91. The summed E-state index contributed by atoms with van der Waals surface area (Å²) in [5, 5.41) is 22.3. The van der Waals surface area contributed by atoms with Crippen molar-refractivity contribution in [2.45, 2.75) is 76.2 Å². The average Bonchev–Trinajstić information content (AvgIpc) is 3.15. The zero-order chi connectivity index (χ0) is 39.3. The van der Waals surface area contributed by atoms with Crippen molar-refractivity contribution in [3.8, 4) is 0 Å². The monoisotopic (exact) mass is 714 g/mol. The maximum Gasteiger partial charge on any atom is 0.0600 e. The van der Waals surface area contributed by atoms with Gasteiger partial charge >= 0.3 is 0 Å². The van der Waals surface area contributed by atoms with Gasteiger partial charge in [0.05, 0.1) is 63.1 Å². The molecule has 276 valence electrons. The Bertz CT molecular complexity index is 1700. The summed E-state index contributed by atoms with van der Waals surface area (Å²) in [5.41, 5.74) is 10.9. The van der Waals surface area contributed by atoms with Crippen LogP contribution in [0.5, 0.6) is 0 Å². The van der Waals surface area contributed by atoms with Crippen molar-refractivity contribution in [1.82, 2.24) is 70.5 Å². The van der Waals surface area contributed by atoms with Gasteiger partial charge in [-0.05, 0) is 112 Å². The third kappa shape index (κ3) is 25.2. The van der Waals surface area contributed by atoms with E-state index in [-0.39, 0.29) is 0 Å². The van der Waals surface area contributed by atoms with Crippen molar-refractivity contribution < 1.29 is 0 Å². The van der Waals surface area contributed by atoms with Gasteiger partial charge in [0, 0.05) is 68.2 Å².